The van der Waals surface area contributed by atoms with Crippen molar-refractivity contribution in [2.75, 3.05) is 20.8 Å². The van der Waals surface area contributed by atoms with Gasteiger partial charge < -0.3 is 14.8 Å². The first-order valence-electron chi connectivity index (χ1n) is 5.37. The minimum Gasteiger partial charge on any atom is -0.497 e. The highest BCUT2D eigenvalue weighted by atomic mass is 16.5. The quantitative estimate of drug-likeness (QED) is 0.461. The molecule has 0 unspecified atom stereocenters. The van der Waals surface area contributed by atoms with E-state index in [1.165, 1.54) is 18.7 Å². The Labute approximate surface area is 101 Å². The van der Waals surface area contributed by atoms with Gasteiger partial charge in [-0.3, -0.25) is 0 Å². The summed E-state index contributed by atoms with van der Waals surface area (Å²) in [6.45, 7) is 0.751. The fourth-order valence-electron chi connectivity index (χ4n) is 1.32. The molecule has 1 rings (SSSR count). The van der Waals surface area contributed by atoms with Gasteiger partial charge in [0.1, 0.15) is 5.75 Å². The molecule has 1 aromatic rings. The maximum absolute atomic E-state index is 10.8. The number of carbonyl (C=O) groups excluding carboxylic acids is 1. The van der Waals surface area contributed by atoms with Crippen LogP contribution >= 0.6 is 0 Å². The molecule has 0 saturated carbocycles. The van der Waals surface area contributed by atoms with Crippen molar-refractivity contribution in [2.45, 2.75) is 6.42 Å². The molecule has 0 fully saturated rings. The van der Waals surface area contributed by atoms with Gasteiger partial charge in [-0.2, -0.15) is 0 Å². The van der Waals surface area contributed by atoms with Gasteiger partial charge in [0.25, 0.3) is 0 Å². The van der Waals surface area contributed by atoms with Crippen molar-refractivity contribution < 1.29 is 14.3 Å². The van der Waals surface area contributed by atoms with Crippen LogP contribution in [0.3, 0.4) is 0 Å². The number of methoxy groups -OCH3 is 2. The van der Waals surface area contributed by atoms with Crippen LogP contribution in [0.5, 0.6) is 5.75 Å². The lowest BCUT2D eigenvalue weighted by molar-refractivity contribution is -0.134. The van der Waals surface area contributed by atoms with Crippen molar-refractivity contribution in [2.24, 2.45) is 0 Å². The number of benzene rings is 1. The van der Waals surface area contributed by atoms with Gasteiger partial charge >= 0.3 is 5.97 Å². The summed E-state index contributed by atoms with van der Waals surface area (Å²) in [5, 5.41) is 3.01. The lowest BCUT2D eigenvalue weighted by atomic mass is 10.1. The Hall–Kier alpha value is -1.97. The number of rotatable bonds is 6. The average Bonchev–Trinajstić information content (AvgIpc) is 2.38. The van der Waals surface area contributed by atoms with E-state index in [-0.39, 0.29) is 5.97 Å². The molecule has 0 aliphatic rings. The summed E-state index contributed by atoms with van der Waals surface area (Å²) in [6, 6.07) is 7.90. The van der Waals surface area contributed by atoms with Crippen molar-refractivity contribution in [1.82, 2.24) is 5.32 Å². The van der Waals surface area contributed by atoms with E-state index in [0.717, 1.165) is 18.7 Å². The molecule has 4 heteroatoms. The molecule has 4 nitrogen and oxygen atoms in total. The third kappa shape index (κ3) is 5.06. The van der Waals surface area contributed by atoms with E-state index in [1.54, 1.807) is 13.3 Å². The highest BCUT2D eigenvalue weighted by Gasteiger charge is 1.95. The molecular weight excluding hydrogens is 218 g/mol. The van der Waals surface area contributed by atoms with Gasteiger partial charge in [0, 0.05) is 18.8 Å². The first-order chi connectivity index (χ1) is 8.26. The number of carbonyl (C=O) groups is 1. The van der Waals surface area contributed by atoms with Gasteiger partial charge in [-0.05, 0) is 24.1 Å². The second-order valence-electron chi connectivity index (χ2n) is 3.41. The minimum atomic E-state index is -0.362. The van der Waals surface area contributed by atoms with E-state index in [2.05, 4.69) is 10.1 Å². The monoisotopic (exact) mass is 235 g/mol. The molecule has 1 aromatic carbocycles. The Bertz CT molecular complexity index is 388. The van der Waals surface area contributed by atoms with Crippen LogP contribution in [0.4, 0.5) is 0 Å². The molecule has 0 aliphatic carbocycles. The van der Waals surface area contributed by atoms with Gasteiger partial charge in [0.15, 0.2) is 0 Å². The van der Waals surface area contributed by atoms with Gasteiger partial charge in [0.2, 0.25) is 0 Å². The number of esters is 1. The number of hydrogen-bond donors (Lipinski definition) is 1. The summed E-state index contributed by atoms with van der Waals surface area (Å²) in [4.78, 5) is 10.8. The first-order valence-corrected chi connectivity index (χ1v) is 5.37. The molecule has 0 heterocycles. The maximum Gasteiger partial charge on any atom is 0.331 e. The molecule has 0 bridgehead atoms. The van der Waals surface area contributed by atoms with Crippen LogP contribution in [0.15, 0.2) is 36.5 Å². The van der Waals surface area contributed by atoms with Gasteiger partial charge in [0.05, 0.1) is 14.2 Å². The molecule has 0 radical (unpaired) electrons. The van der Waals surface area contributed by atoms with Crippen LogP contribution in [-0.2, 0) is 16.0 Å². The number of ether oxygens (including phenoxy) is 2. The van der Waals surface area contributed by atoms with Crippen molar-refractivity contribution in [3.8, 4) is 5.75 Å². The fraction of sp³-hybridized carbons (Fsp3) is 0.308. The molecule has 0 aromatic heterocycles. The lowest BCUT2D eigenvalue weighted by Gasteiger charge is -2.04. The number of nitrogens with one attached hydrogen (secondary N) is 1. The molecule has 0 amide bonds. The van der Waals surface area contributed by atoms with Crippen molar-refractivity contribution in [3.63, 3.8) is 0 Å². The molecule has 0 saturated heterocycles. The summed E-state index contributed by atoms with van der Waals surface area (Å²) in [5.74, 6) is 0.492. The zero-order chi connectivity index (χ0) is 12.5. The SMILES string of the molecule is COC(=O)/C=C/NCCc1cccc(OC)c1. The molecule has 0 atom stereocenters. The largest absolute Gasteiger partial charge is 0.497 e. The molecule has 17 heavy (non-hydrogen) atoms. The van der Waals surface area contributed by atoms with Crippen LogP contribution in [-0.4, -0.2) is 26.7 Å². The minimum absolute atomic E-state index is 0.362. The Morgan fingerprint density at radius 3 is 2.94 bits per heavy atom. The predicted octanol–water partition coefficient (Wildman–Crippen LogP) is 1.51. The summed E-state index contributed by atoms with van der Waals surface area (Å²) in [6.07, 6.45) is 3.81. The number of hydrogen-bond acceptors (Lipinski definition) is 4. The second kappa shape index (κ2) is 7.33. The normalized spacial score (nSPS) is 10.2. The highest BCUT2D eigenvalue weighted by molar-refractivity contribution is 5.81. The second-order valence-corrected chi connectivity index (χ2v) is 3.41. The molecular formula is C13H17NO3. The van der Waals surface area contributed by atoms with Gasteiger partial charge in [-0.1, -0.05) is 12.1 Å². The zero-order valence-electron chi connectivity index (χ0n) is 10.1. The average molecular weight is 235 g/mol. The zero-order valence-corrected chi connectivity index (χ0v) is 10.1. The van der Waals surface area contributed by atoms with Gasteiger partial charge in [-0.25, -0.2) is 4.79 Å². The lowest BCUT2D eigenvalue weighted by Crippen LogP contribution is -2.10. The Balaban J connectivity index is 2.30. The van der Waals surface area contributed by atoms with Crippen LogP contribution in [0.25, 0.3) is 0 Å². The van der Waals surface area contributed by atoms with E-state index in [1.807, 2.05) is 24.3 Å². The van der Waals surface area contributed by atoms with Crippen LogP contribution < -0.4 is 10.1 Å². The fourth-order valence-corrected chi connectivity index (χ4v) is 1.32. The Morgan fingerprint density at radius 1 is 1.41 bits per heavy atom. The summed E-state index contributed by atoms with van der Waals surface area (Å²) in [7, 11) is 3.00. The smallest absolute Gasteiger partial charge is 0.331 e. The Morgan fingerprint density at radius 2 is 2.24 bits per heavy atom. The molecule has 1 N–H and O–H groups in total. The van der Waals surface area contributed by atoms with Crippen LogP contribution in [0, 0.1) is 0 Å². The third-order valence-corrected chi connectivity index (χ3v) is 2.23. The molecule has 0 spiro atoms. The van der Waals surface area contributed by atoms with Crippen molar-refractivity contribution in [1.29, 1.82) is 0 Å². The van der Waals surface area contributed by atoms with Crippen LogP contribution in [0.2, 0.25) is 0 Å². The third-order valence-electron chi connectivity index (χ3n) is 2.23. The topological polar surface area (TPSA) is 47.6 Å². The maximum atomic E-state index is 10.8. The van der Waals surface area contributed by atoms with Crippen molar-refractivity contribution in [3.05, 3.63) is 42.1 Å². The summed E-state index contributed by atoms with van der Waals surface area (Å²) >= 11 is 0. The molecule has 0 aliphatic heterocycles. The van der Waals surface area contributed by atoms with E-state index in [0.29, 0.717) is 0 Å². The summed E-state index contributed by atoms with van der Waals surface area (Å²) < 4.78 is 9.60. The van der Waals surface area contributed by atoms with Crippen molar-refractivity contribution >= 4 is 5.97 Å². The van der Waals surface area contributed by atoms with E-state index in [9.17, 15) is 4.79 Å². The van der Waals surface area contributed by atoms with E-state index < -0.39 is 0 Å². The van der Waals surface area contributed by atoms with E-state index >= 15 is 0 Å². The predicted molar refractivity (Wildman–Crippen MR) is 65.9 cm³/mol. The highest BCUT2D eigenvalue weighted by Crippen LogP contribution is 2.12. The van der Waals surface area contributed by atoms with Crippen LogP contribution in [0.1, 0.15) is 5.56 Å². The van der Waals surface area contributed by atoms with Gasteiger partial charge in [-0.15, -0.1) is 0 Å². The molecule has 92 valence electrons. The standard InChI is InChI=1S/C13H17NO3/c1-16-12-5-3-4-11(10-12)6-8-14-9-7-13(15)17-2/h3-5,7,9-10,14H,6,8H2,1-2H3/b9-7+. The van der Waals surface area contributed by atoms with E-state index in [4.69, 9.17) is 4.74 Å². The first kappa shape index (κ1) is 13.1. The summed E-state index contributed by atoms with van der Waals surface area (Å²) in [5.41, 5.74) is 1.18. The Kier molecular flexibility index (Phi) is 5.64.